The Labute approximate surface area is 171 Å². The van der Waals surface area contributed by atoms with E-state index in [2.05, 4.69) is 30.7 Å². The van der Waals surface area contributed by atoms with E-state index >= 15 is 0 Å². The second kappa shape index (κ2) is 6.77. The van der Waals surface area contributed by atoms with Gasteiger partial charge in [0.05, 0.1) is 29.2 Å². The van der Waals surface area contributed by atoms with E-state index in [0.717, 1.165) is 30.5 Å². The van der Waals surface area contributed by atoms with Crippen LogP contribution in [0.2, 0.25) is 0 Å². The van der Waals surface area contributed by atoms with E-state index in [0.29, 0.717) is 23.1 Å². The minimum Gasteiger partial charge on any atom is -0.384 e. The van der Waals surface area contributed by atoms with E-state index in [1.807, 2.05) is 10.7 Å². The average Bonchev–Trinajstić information content (AvgIpc) is 3.38. The quantitative estimate of drug-likeness (QED) is 0.467. The molecule has 0 radical (unpaired) electrons. The van der Waals surface area contributed by atoms with E-state index in [-0.39, 0.29) is 11.6 Å². The summed E-state index contributed by atoms with van der Waals surface area (Å²) in [7, 11) is 0. The first-order valence-corrected chi connectivity index (χ1v) is 9.87. The molecule has 0 unspecified atom stereocenters. The molecule has 4 heterocycles. The molecule has 1 saturated carbocycles. The summed E-state index contributed by atoms with van der Waals surface area (Å²) in [6.07, 6.45) is 10.1. The Hall–Kier alpha value is -3.53. The van der Waals surface area contributed by atoms with Crippen LogP contribution in [0.3, 0.4) is 0 Å². The maximum absolute atomic E-state index is 13.0. The molecule has 3 N–H and O–H groups in total. The van der Waals surface area contributed by atoms with Crippen LogP contribution >= 0.6 is 0 Å². The molecule has 0 bridgehead atoms. The van der Waals surface area contributed by atoms with Crippen LogP contribution in [0.5, 0.6) is 0 Å². The zero-order valence-corrected chi connectivity index (χ0v) is 16.7. The molecule has 1 amide bonds. The highest BCUT2D eigenvalue weighted by atomic mass is 16.3. The summed E-state index contributed by atoms with van der Waals surface area (Å²) < 4.78 is 3.44. The second-order valence-electron chi connectivity index (χ2n) is 8.08. The van der Waals surface area contributed by atoms with Crippen molar-refractivity contribution in [3.8, 4) is 11.3 Å². The first kappa shape index (κ1) is 18.5. The van der Waals surface area contributed by atoms with Gasteiger partial charge >= 0.3 is 0 Å². The lowest BCUT2D eigenvalue weighted by molar-refractivity contribution is 0.0729. The summed E-state index contributed by atoms with van der Waals surface area (Å²) in [5.41, 5.74) is 2.03. The number of nitrogens with one attached hydrogen (secondary N) is 2. The second-order valence-corrected chi connectivity index (χ2v) is 8.08. The van der Waals surface area contributed by atoms with Gasteiger partial charge in [-0.3, -0.25) is 14.6 Å². The molecule has 1 aliphatic carbocycles. The van der Waals surface area contributed by atoms with Crippen LogP contribution in [0, 0.1) is 0 Å². The fraction of sp³-hybridized carbons (Fsp3) is 0.350. The maximum Gasteiger partial charge on any atom is 0.274 e. The van der Waals surface area contributed by atoms with Crippen molar-refractivity contribution >= 4 is 17.2 Å². The normalized spacial score (nSPS) is 14.8. The third kappa shape index (κ3) is 3.14. The number of hydrogen-bond donors (Lipinski definition) is 3. The Kier molecular flexibility index (Phi) is 4.17. The Balaban J connectivity index is 1.47. The Bertz CT molecular complexity index is 1210. The number of aromatic amines is 1. The molecule has 0 atom stereocenters. The van der Waals surface area contributed by atoms with Crippen molar-refractivity contribution in [2.24, 2.45) is 0 Å². The maximum atomic E-state index is 13.0. The van der Waals surface area contributed by atoms with Crippen molar-refractivity contribution in [1.82, 2.24) is 34.6 Å². The summed E-state index contributed by atoms with van der Waals surface area (Å²) in [6.45, 7) is 3.31. The number of amides is 1. The Morgan fingerprint density at radius 1 is 1.33 bits per heavy atom. The highest BCUT2D eigenvalue weighted by Crippen LogP contribution is 2.35. The molecule has 0 spiro atoms. The third-order valence-electron chi connectivity index (χ3n) is 5.40. The highest BCUT2D eigenvalue weighted by Gasteiger charge is 2.29. The minimum atomic E-state index is -1.19. The molecule has 0 saturated heterocycles. The lowest BCUT2D eigenvalue weighted by Gasteiger charge is -2.25. The predicted octanol–water partition coefficient (Wildman–Crippen LogP) is 2.52. The van der Waals surface area contributed by atoms with Gasteiger partial charge in [-0.15, -0.1) is 0 Å². The molecule has 5 rings (SSSR count). The van der Waals surface area contributed by atoms with E-state index in [9.17, 15) is 9.90 Å². The molecular weight excluding hydrogens is 384 g/mol. The average molecular weight is 406 g/mol. The summed E-state index contributed by atoms with van der Waals surface area (Å²) in [5.74, 6) is -0.382. The summed E-state index contributed by atoms with van der Waals surface area (Å²) in [5, 5.41) is 29.1. The molecule has 4 aromatic heterocycles. The smallest absolute Gasteiger partial charge is 0.274 e. The standard InChI is InChI=1S/C20H22N8O2/c1-20(2,30)17-16(11-28(26-17)12-4-3-5-12)24-19(29)15-7-9-27-18(23-15)13(10-22-27)14-6-8-21-25-14/h6-12,30H,3-5H2,1-2H3,(H,21,25)(H,24,29). The van der Waals surface area contributed by atoms with Crippen LogP contribution < -0.4 is 5.32 Å². The van der Waals surface area contributed by atoms with Crippen LogP contribution in [0.4, 0.5) is 5.69 Å². The van der Waals surface area contributed by atoms with Crippen LogP contribution in [0.1, 0.15) is 55.3 Å². The van der Waals surface area contributed by atoms with Gasteiger partial charge < -0.3 is 10.4 Å². The minimum absolute atomic E-state index is 0.238. The van der Waals surface area contributed by atoms with Gasteiger partial charge in [0.25, 0.3) is 5.91 Å². The van der Waals surface area contributed by atoms with Crippen molar-refractivity contribution < 1.29 is 9.90 Å². The number of hydrogen-bond acceptors (Lipinski definition) is 6. The van der Waals surface area contributed by atoms with E-state index in [1.54, 1.807) is 49.2 Å². The van der Waals surface area contributed by atoms with Crippen LogP contribution in [0.25, 0.3) is 16.9 Å². The number of H-pyrrole nitrogens is 1. The highest BCUT2D eigenvalue weighted by molar-refractivity contribution is 6.03. The number of nitrogens with zero attached hydrogens (tertiary/aromatic N) is 6. The lowest BCUT2D eigenvalue weighted by atomic mass is 9.93. The first-order valence-electron chi connectivity index (χ1n) is 9.87. The van der Waals surface area contributed by atoms with Gasteiger partial charge in [0.2, 0.25) is 0 Å². The van der Waals surface area contributed by atoms with Gasteiger partial charge in [0, 0.05) is 18.6 Å². The van der Waals surface area contributed by atoms with Crippen molar-refractivity contribution in [3.63, 3.8) is 0 Å². The number of carbonyl (C=O) groups excluding carboxylic acids is 1. The molecule has 0 aliphatic heterocycles. The van der Waals surface area contributed by atoms with E-state index in [4.69, 9.17) is 0 Å². The monoisotopic (exact) mass is 406 g/mol. The lowest BCUT2D eigenvalue weighted by Crippen LogP contribution is -2.22. The van der Waals surface area contributed by atoms with Crippen LogP contribution in [-0.4, -0.2) is 45.6 Å². The molecule has 4 aromatic rings. The molecule has 1 aliphatic rings. The SMILES string of the molecule is CC(C)(O)c1nn(C2CCC2)cc1NC(=O)c1ccn2ncc(-c3ccn[nH]3)c2n1. The van der Waals surface area contributed by atoms with Crippen molar-refractivity contribution in [1.29, 1.82) is 0 Å². The van der Waals surface area contributed by atoms with Gasteiger partial charge in [0.1, 0.15) is 17.0 Å². The number of aromatic nitrogens is 7. The zero-order chi connectivity index (χ0) is 20.9. The molecular formula is C20H22N8O2. The number of aliphatic hydroxyl groups is 1. The molecule has 154 valence electrons. The number of rotatable bonds is 5. The summed E-state index contributed by atoms with van der Waals surface area (Å²) in [4.78, 5) is 17.5. The fourth-order valence-electron chi connectivity index (χ4n) is 3.55. The van der Waals surface area contributed by atoms with Gasteiger partial charge in [-0.1, -0.05) is 0 Å². The molecule has 10 nitrogen and oxygen atoms in total. The van der Waals surface area contributed by atoms with Gasteiger partial charge in [-0.05, 0) is 45.2 Å². The van der Waals surface area contributed by atoms with E-state index in [1.165, 1.54) is 0 Å². The van der Waals surface area contributed by atoms with E-state index < -0.39 is 5.60 Å². The van der Waals surface area contributed by atoms with Gasteiger partial charge in [0.15, 0.2) is 5.65 Å². The first-order chi connectivity index (χ1) is 14.4. The summed E-state index contributed by atoms with van der Waals surface area (Å²) >= 11 is 0. The zero-order valence-electron chi connectivity index (χ0n) is 16.7. The Morgan fingerprint density at radius 2 is 2.17 bits per heavy atom. The third-order valence-corrected chi connectivity index (χ3v) is 5.40. The molecule has 10 heteroatoms. The van der Waals surface area contributed by atoms with Gasteiger partial charge in [-0.2, -0.15) is 15.3 Å². The largest absolute Gasteiger partial charge is 0.384 e. The summed E-state index contributed by atoms with van der Waals surface area (Å²) in [6, 6.07) is 3.73. The molecule has 0 aromatic carbocycles. The number of carbonyl (C=O) groups is 1. The number of fused-ring (bicyclic) bond motifs is 1. The predicted molar refractivity (Wildman–Crippen MR) is 109 cm³/mol. The van der Waals surface area contributed by atoms with Crippen LogP contribution in [-0.2, 0) is 5.60 Å². The van der Waals surface area contributed by atoms with Gasteiger partial charge in [-0.25, -0.2) is 9.50 Å². The van der Waals surface area contributed by atoms with Crippen molar-refractivity contribution in [3.05, 3.63) is 48.3 Å². The van der Waals surface area contributed by atoms with Crippen LogP contribution in [0.15, 0.2) is 36.9 Å². The fourth-order valence-corrected chi connectivity index (χ4v) is 3.55. The molecule has 1 fully saturated rings. The Morgan fingerprint density at radius 3 is 2.83 bits per heavy atom. The topological polar surface area (TPSA) is 126 Å². The number of anilines is 1. The van der Waals surface area contributed by atoms with Crippen molar-refractivity contribution in [2.75, 3.05) is 5.32 Å². The van der Waals surface area contributed by atoms with Crippen molar-refractivity contribution in [2.45, 2.75) is 44.8 Å². The molecule has 30 heavy (non-hydrogen) atoms.